The van der Waals surface area contributed by atoms with Crippen molar-refractivity contribution in [1.29, 1.82) is 0 Å². The molecule has 0 aromatic carbocycles. The van der Waals surface area contributed by atoms with Crippen molar-refractivity contribution in [1.82, 2.24) is 10.3 Å². The number of aromatic nitrogens is 1. The lowest BCUT2D eigenvalue weighted by molar-refractivity contribution is 0.282. The summed E-state index contributed by atoms with van der Waals surface area (Å²) < 4.78 is 0. The van der Waals surface area contributed by atoms with Crippen LogP contribution >= 0.6 is 0 Å². The Labute approximate surface area is 117 Å². The van der Waals surface area contributed by atoms with Crippen molar-refractivity contribution in [2.24, 2.45) is 17.8 Å². The molecule has 0 amide bonds. The zero-order valence-electron chi connectivity index (χ0n) is 12.4. The maximum Gasteiger partial charge on any atom is 0.0602 e. The standard InChI is InChI=1S/C17H26N2/c1-11-6-12(2)17(19-10-11)16(18-3)9-15-8-13-4-5-14(15)7-13/h6,10,13-16,18H,4-5,7-9H2,1-3H3. The van der Waals surface area contributed by atoms with Crippen molar-refractivity contribution >= 4 is 0 Å². The van der Waals surface area contributed by atoms with E-state index in [1.807, 2.05) is 6.20 Å². The van der Waals surface area contributed by atoms with Crippen LogP contribution in [0.15, 0.2) is 12.3 Å². The van der Waals surface area contributed by atoms with Gasteiger partial charge in [0.05, 0.1) is 5.69 Å². The highest BCUT2D eigenvalue weighted by Gasteiger charge is 2.40. The Morgan fingerprint density at radius 1 is 1.32 bits per heavy atom. The lowest BCUT2D eigenvalue weighted by atomic mass is 9.83. The molecule has 4 unspecified atom stereocenters. The number of nitrogens with zero attached hydrogens (tertiary/aromatic N) is 1. The zero-order chi connectivity index (χ0) is 13.4. The van der Waals surface area contributed by atoms with Gasteiger partial charge in [0.1, 0.15) is 0 Å². The maximum absolute atomic E-state index is 4.69. The number of hydrogen-bond acceptors (Lipinski definition) is 2. The molecule has 0 radical (unpaired) electrons. The molecule has 4 atom stereocenters. The average molecular weight is 258 g/mol. The molecule has 0 aliphatic heterocycles. The Kier molecular flexibility index (Phi) is 3.62. The molecule has 2 saturated carbocycles. The third-order valence-corrected chi connectivity index (χ3v) is 5.36. The largest absolute Gasteiger partial charge is 0.312 e. The summed E-state index contributed by atoms with van der Waals surface area (Å²) in [5.74, 6) is 2.98. The van der Waals surface area contributed by atoms with Crippen LogP contribution in [0.3, 0.4) is 0 Å². The Bertz CT molecular complexity index is 455. The van der Waals surface area contributed by atoms with Gasteiger partial charge in [0.25, 0.3) is 0 Å². The monoisotopic (exact) mass is 258 g/mol. The van der Waals surface area contributed by atoms with Crippen LogP contribution in [0.1, 0.15) is 55.0 Å². The van der Waals surface area contributed by atoms with Crippen LogP contribution < -0.4 is 5.32 Å². The normalized spacial score (nSPS) is 30.8. The van der Waals surface area contributed by atoms with Gasteiger partial charge < -0.3 is 5.32 Å². The summed E-state index contributed by atoms with van der Waals surface area (Å²) in [6.07, 6.45) is 9.22. The summed E-state index contributed by atoms with van der Waals surface area (Å²) in [7, 11) is 2.08. The van der Waals surface area contributed by atoms with Crippen LogP contribution in [0.5, 0.6) is 0 Å². The summed E-state index contributed by atoms with van der Waals surface area (Å²) in [5, 5.41) is 3.50. The summed E-state index contributed by atoms with van der Waals surface area (Å²) in [6, 6.07) is 2.69. The topological polar surface area (TPSA) is 24.9 Å². The lowest BCUT2D eigenvalue weighted by Crippen LogP contribution is -2.24. The Hall–Kier alpha value is -0.890. The molecular formula is C17H26N2. The number of fused-ring (bicyclic) bond motifs is 2. The third-order valence-electron chi connectivity index (χ3n) is 5.36. The highest BCUT2D eigenvalue weighted by molar-refractivity contribution is 5.25. The van der Waals surface area contributed by atoms with Gasteiger partial charge in [-0.15, -0.1) is 0 Å². The van der Waals surface area contributed by atoms with Gasteiger partial charge >= 0.3 is 0 Å². The van der Waals surface area contributed by atoms with Crippen molar-refractivity contribution in [2.45, 2.75) is 52.0 Å². The second-order valence-corrected chi connectivity index (χ2v) is 6.73. The van der Waals surface area contributed by atoms with Crippen LogP contribution in [0.2, 0.25) is 0 Å². The first-order valence-electron chi connectivity index (χ1n) is 7.77. The molecular weight excluding hydrogens is 232 g/mol. The fourth-order valence-electron chi connectivity index (χ4n) is 4.42. The summed E-state index contributed by atoms with van der Waals surface area (Å²) in [5.41, 5.74) is 3.86. The van der Waals surface area contributed by atoms with E-state index in [0.29, 0.717) is 6.04 Å². The second kappa shape index (κ2) is 5.24. The van der Waals surface area contributed by atoms with Crippen molar-refractivity contribution in [3.05, 3.63) is 29.1 Å². The van der Waals surface area contributed by atoms with E-state index in [0.717, 1.165) is 17.8 Å². The fraction of sp³-hybridized carbons (Fsp3) is 0.706. The number of rotatable bonds is 4. The van der Waals surface area contributed by atoms with Crippen LogP contribution in [0.25, 0.3) is 0 Å². The summed E-state index contributed by atoms with van der Waals surface area (Å²) in [4.78, 5) is 4.69. The van der Waals surface area contributed by atoms with Crippen molar-refractivity contribution in [3.8, 4) is 0 Å². The molecule has 0 saturated heterocycles. The maximum atomic E-state index is 4.69. The van der Waals surface area contributed by atoms with Gasteiger partial charge in [0, 0.05) is 12.2 Å². The zero-order valence-corrected chi connectivity index (χ0v) is 12.4. The Morgan fingerprint density at radius 3 is 2.74 bits per heavy atom. The van der Waals surface area contributed by atoms with Crippen molar-refractivity contribution < 1.29 is 0 Å². The molecule has 2 fully saturated rings. The molecule has 0 spiro atoms. The van der Waals surface area contributed by atoms with Gasteiger partial charge in [-0.2, -0.15) is 0 Å². The van der Waals surface area contributed by atoms with Crippen LogP contribution in [0, 0.1) is 31.6 Å². The minimum Gasteiger partial charge on any atom is -0.312 e. The first-order valence-corrected chi connectivity index (χ1v) is 7.77. The Balaban J connectivity index is 1.73. The minimum atomic E-state index is 0.435. The molecule has 2 heteroatoms. The van der Waals surface area contributed by atoms with E-state index < -0.39 is 0 Å². The number of hydrogen-bond donors (Lipinski definition) is 1. The van der Waals surface area contributed by atoms with Crippen LogP contribution in [0.4, 0.5) is 0 Å². The predicted molar refractivity (Wildman–Crippen MR) is 79.1 cm³/mol. The molecule has 3 rings (SSSR count). The Morgan fingerprint density at radius 2 is 2.16 bits per heavy atom. The molecule has 1 heterocycles. The predicted octanol–water partition coefficient (Wildman–Crippen LogP) is 3.79. The molecule has 2 aliphatic carbocycles. The fourth-order valence-corrected chi connectivity index (χ4v) is 4.42. The molecule has 2 nitrogen and oxygen atoms in total. The van der Waals surface area contributed by atoms with E-state index >= 15 is 0 Å². The molecule has 1 aromatic heterocycles. The van der Waals surface area contributed by atoms with Gasteiger partial charge in [0.15, 0.2) is 0 Å². The number of nitrogens with one attached hydrogen (secondary N) is 1. The second-order valence-electron chi connectivity index (χ2n) is 6.73. The van der Waals surface area contributed by atoms with E-state index in [1.165, 1.54) is 48.9 Å². The molecule has 104 valence electrons. The first-order chi connectivity index (χ1) is 9.17. The van der Waals surface area contributed by atoms with Gasteiger partial charge in [0.2, 0.25) is 0 Å². The smallest absolute Gasteiger partial charge is 0.0602 e. The van der Waals surface area contributed by atoms with Gasteiger partial charge in [-0.25, -0.2) is 0 Å². The highest BCUT2D eigenvalue weighted by atomic mass is 14.9. The van der Waals surface area contributed by atoms with Crippen LogP contribution in [-0.4, -0.2) is 12.0 Å². The van der Waals surface area contributed by atoms with E-state index in [1.54, 1.807) is 0 Å². The first kappa shape index (κ1) is 13.1. The molecule has 2 bridgehead atoms. The SMILES string of the molecule is CNC(CC1CC2CCC1C2)c1ncc(C)cc1C. The van der Waals surface area contributed by atoms with E-state index in [2.05, 4.69) is 32.3 Å². The van der Waals surface area contributed by atoms with Crippen LogP contribution in [-0.2, 0) is 0 Å². The van der Waals surface area contributed by atoms with Crippen molar-refractivity contribution in [3.63, 3.8) is 0 Å². The summed E-state index contributed by atoms with van der Waals surface area (Å²) in [6.45, 7) is 4.31. The molecule has 1 N–H and O–H groups in total. The van der Waals surface area contributed by atoms with E-state index in [-0.39, 0.29) is 0 Å². The van der Waals surface area contributed by atoms with E-state index in [9.17, 15) is 0 Å². The summed E-state index contributed by atoms with van der Waals surface area (Å²) >= 11 is 0. The van der Waals surface area contributed by atoms with E-state index in [4.69, 9.17) is 4.98 Å². The van der Waals surface area contributed by atoms with Crippen molar-refractivity contribution in [2.75, 3.05) is 7.05 Å². The number of pyridine rings is 1. The quantitative estimate of drug-likeness (QED) is 0.889. The molecule has 2 aliphatic rings. The minimum absolute atomic E-state index is 0.435. The third kappa shape index (κ3) is 2.55. The van der Waals surface area contributed by atoms with Gasteiger partial charge in [-0.3, -0.25) is 4.98 Å². The molecule has 19 heavy (non-hydrogen) atoms. The van der Waals surface area contributed by atoms with Gasteiger partial charge in [-0.1, -0.05) is 12.5 Å². The lowest BCUT2D eigenvalue weighted by Gasteiger charge is -2.27. The van der Waals surface area contributed by atoms with Gasteiger partial charge in [-0.05, 0) is 75.5 Å². The molecule has 1 aromatic rings. The average Bonchev–Trinajstić information content (AvgIpc) is 2.99. The number of aryl methyl sites for hydroxylation is 2. The highest BCUT2D eigenvalue weighted by Crippen LogP contribution is 2.50.